The molecule has 49 heavy (non-hydrogen) atoms. The Morgan fingerprint density at radius 2 is 0.898 bits per heavy atom. The van der Waals surface area contributed by atoms with E-state index >= 15 is 0 Å². The summed E-state index contributed by atoms with van der Waals surface area (Å²) in [7, 11) is -4.70. The van der Waals surface area contributed by atoms with Gasteiger partial charge in [0, 0.05) is 12.8 Å². The van der Waals surface area contributed by atoms with Crippen LogP contribution in [-0.4, -0.2) is 59.9 Å². The number of esters is 2. The van der Waals surface area contributed by atoms with E-state index in [9.17, 15) is 23.8 Å². The predicted molar refractivity (Wildman–Crippen MR) is 194 cm³/mol. The minimum Gasteiger partial charge on any atom is -0.480 e. The molecule has 11 nitrogen and oxygen atoms in total. The lowest BCUT2D eigenvalue weighted by atomic mass is 10.0. The topological polar surface area (TPSA) is 172 Å². The van der Waals surface area contributed by atoms with Crippen molar-refractivity contribution in [3.63, 3.8) is 0 Å². The Morgan fingerprint density at radius 3 is 1.29 bits per heavy atom. The monoisotopic (exact) mass is 721 g/mol. The van der Waals surface area contributed by atoms with Crippen LogP contribution in [0.15, 0.2) is 0 Å². The number of hydrogen-bond acceptors (Lipinski definition) is 9. The Bertz CT molecular complexity index is 859. The summed E-state index contributed by atoms with van der Waals surface area (Å²) in [5, 5.41) is 8.84. The van der Waals surface area contributed by atoms with Crippen LogP contribution in [0.25, 0.3) is 0 Å². The highest BCUT2D eigenvalue weighted by Crippen LogP contribution is 2.43. The highest BCUT2D eigenvalue weighted by Gasteiger charge is 2.28. The fraction of sp³-hybridized carbons (Fsp3) is 0.919. The van der Waals surface area contributed by atoms with Crippen molar-refractivity contribution >= 4 is 25.7 Å². The number of carboxylic acids is 1. The molecule has 0 bridgehead atoms. The van der Waals surface area contributed by atoms with Crippen LogP contribution in [0.3, 0.4) is 0 Å². The number of carbonyl (C=O) groups is 3. The molecule has 0 aliphatic carbocycles. The van der Waals surface area contributed by atoms with Gasteiger partial charge in [0.25, 0.3) is 0 Å². The zero-order chi connectivity index (χ0) is 36.4. The second-order valence-electron chi connectivity index (χ2n) is 13.4. The van der Waals surface area contributed by atoms with E-state index in [-0.39, 0.29) is 19.4 Å². The van der Waals surface area contributed by atoms with Gasteiger partial charge in [0.05, 0.1) is 13.2 Å². The molecule has 1 unspecified atom stereocenters. The van der Waals surface area contributed by atoms with Crippen molar-refractivity contribution < 1.29 is 47.5 Å². The molecule has 0 aromatic heterocycles. The molecule has 0 heterocycles. The molecule has 290 valence electrons. The van der Waals surface area contributed by atoms with E-state index in [4.69, 9.17) is 24.8 Å². The molecule has 3 atom stereocenters. The lowest BCUT2D eigenvalue weighted by Gasteiger charge is -2.20. The fourth-order valence-corrected chi connectivity index (χ4v) is 6.26. The minimum atomic E-state index is -4.70. The van der Waals surface area contributed by atoms with Crippen LogP contribution >= 0.6 is 7.82 Å². The molecule has 0 aromatic carbocycles. The number of hydrogen-bond donors (Lipinski definition) is 3. The Kier molecular flexibility index (Phi) is 32.6. The summed E-state index contributed by atoms with van der Waals surface area (Å²) in [6, 6.07) is -1.51. The molecule has 12 heteroatoms. The van der Waals surface area contributed by atoms with E-state index in [1.807, 2.05) is 0 Å². The molecular weight excluding hydrogens is 649 g/mol. The SMILES string of the molecule is CCCCCCCCCCCCCCCCCCCC(=O)OC[C@@H](COP(=O)(O)OC[C@@H](N)C(=O)O)OC(=O)CCCCCCCCCC. The largest absolute Gasteiger partial charge is 0.480 e. The number of aliphatic carboxylic acids is 1. The smallest absolute Gasteiger partial charge is 0.472 e. The van der Waals surface area contributed by atoms with E-state index in [1.54, 1.807) is 0 Å². The summed E-state index contributed by atoms with van der Waals surface area (Å²) in [5.74, 6) is -2.37. The molecule has 0 rings (SSSR count). The van der Waals surface area contributed by atoms with Gasteiger partial charge < -0.3 is 25.2 Å². The normalized spacial score (nSPS) is 13.9. The quantitative estimate of drug-likeness (QED) is 0.0317. The third-order valence-electron chi connectivity index (χ3n) is 8.61. The van der Waals surface area contributed by atoms with Crippen molar-refractivity contribution in [1.82, 2.24) is 0 Å². The van der Waals surface area contributed by atoms with Crippen LogP contribution in [0.2, 0.25) is 0 Å². The van der Waals surface area contributed by atoms with Gasteiger partial charge >= 0.3 is 25.7 Å². The Balaban J connectivity index is 4.27. The average Bonchev–Trinajstić information content (AvgIpc) is 3.07. The first kappa shape index (κ1) is 47.5. The van der Waals surface area contributed by atoms with Crippen molar-refractivity contribution in [2.75, 3.05) is 19.8 Å². The summed E-state index contributed by atoms with van der Waals surface area (Å²) in [6.45, 7) is 2.77. The van der Waals surface area contributed by atoms with Crippen molar-refractivity contribution in [3.05, 3.63) is 0 Å². The zero-order valence-corrected chi connectivity index (χ0v) is 31.9. The Labute approximate surface area is 297 Å². The second kappa shape index (κ2) is 33.6. The van der Waals surface area contributed by atoms with Crippen LogP contribution in [0.5, 0.6) is 0 Å². The highest BCUT2D eigenvalue weighted by atomic mass is 31.2. The predicted octanol–water partition coefficient (Wildman–Crippen LogP) is 9.56. The molecule has 0 aliphatic heterocycles. The third-order valence-corrected chi connectivity index (χ3v) is 9.56. The summed E-state index contributed by atoms with van der Waals surface area (Å²) in [6.07, 6.45) is 29.1. The number of ether oxygens (including phenoxy) is 2. The average molecular weight is 722 g/mol. The molecule has 0 radical (unpaired) electrons. The second-order valence-corrected chi connectivity index (χ2v) is 14.9. The first-order valence-electron chi connectivity index (χ1n) is 19.6. The molecule has 0 fully saturated rings. The molecule has 0 aromatic rings. The van der Waals surface area contributed by atoms with Crippen LogP contribution in [0.1, 0.15) is 187 Å². The number of carboxylic acid groups (broad SMARTS) is 1. The lowest BCUT2D eigenvalue weighted by Crippen LogP contribution is -2.34. The number of rotatable bonds is 37. The van der Waals surface area contributed by atoms with Crippen LogP contribution in [-0.2, 0) is 37.5 Å². The molecule has 0 amide bonds. The van der Waals surface area contributed by atoms with Gasteiger partial charge in [-0.05, 0) is 12.8 Å². The summed E-state index contributed by atoms with van der Waals surface area (Å²) < 4.78 is 32.5. The Morgan fingerprint density at radius 1 is 0.551 bits per heavy atom. The van der Waals surface area contributed by atoms with Crippen LogP contribution in [0.4, 0.5) is 0 Å². The minimum absolute atomic E-state index is 0.166. The van der Waals surface area contributed by atoms with E-state index in [0.29, 0.717) is 12.8 Å². The van der Waals surface area contributed by atoms with Gasteiger partial charge in [-0.25, -0.2) is 4.57 Å². The van der Waals surface area contributed by atoms with Crippen LogP contribution < -0.4 is 5.73 Å². The zero-order valence-electron chi connectivity index (χ0n) is 31.1. The number of nitrogens with two attached hydrogens (primary N) is 1. The molecular formula is C37H72NO10P. The number of phosphoric ester groups is 1. The summed E-state index contributed by atoms with van der Waals surface area (Å²) in [5.41, 5.74) is 5.31. The molecule has 0 saturated heterocycles. The maximum Gasteiger partial charge on any atom is 0.472 e. The van der Waals surface area contributed by atoms with E-state index in [1.165, 1.54) is 109 Å². The standard InChI is InChI=1S/C37H72NO10P/c1-3-5-7-9-11-13-14-15-16-17-18-19-20-21-23-24-26-28-35(39)45-30-33(31-46-49(43,44)47-32-34(38)37(41)42)48-36(40)29-27-25-22-12-10-8-6-4-2/h33-34H,3-32,38H2,1-2H3,(H,41,42)(H,43,44)/t33-,34+/m0/s1. The highest BCUT2D eigenvalue weighted by molar-refractivity contribution is 7.47. The lowest BCUT2D eigenvalue weighted by molar-refractivity contribution is -0.161. The summed E-state index contributed by atoms with van der Waals surface area (Å²) in [4.78, 5) is 45.6. The van der Waals surface area contributed by atoms with Crippen molar-refractivity contribution in [1.29, 1.82) is 0 Å². The molecule has 0 aliphatic rings. The van der Waals surface area contributed by atoms with E-state index in [0.717, 1.165) is 38.5 Å². The maximum atomic E-state index is 12.5. The molecule has 0 saturated carbocycles. The maximum absolute atomic E-state index is 12.5. The number of carbonyl (C=O) groups excluding carboxylic acids is 2. The van der Waals surface area contributed by atoms with Gasteiger partial charge in [-0.3, -0.25) is 23.4 Å². The van der Waals surface area contributed by atoms with Gasteiger partial charge in [-0.2, -0.15) is 0 Å². The van der Waals surface area contributed by atoms with Crippen LogP contribution in [0, 0.1) is 0 Å². The summed E-state index contributed by atoms with van der Waals surface area (Å²) >= 11 is 0. The van der Waals surface area contributed by atoms with Gasteiger partial charge in [0.15, 0.2) is 6.10 Å². The first-order chi connectivity index (χ1) is 23.6. The van der Waals surface area contributed by atoms with E-state index in [2.05, 4.69) is 18.4 Å². The van der Waals surface area contributed by atoms with Crippen molar-refractivity contribution in [2.45, 2.75) is 199 Å². The van der Waals surface area contributed by atoms with Gasteiger partial charge in [-0.15, -0.1) is 0 Å². The fourth-order valence-electron chi connectivity index (χ4n) is 5.48. The van der Waals surface area contributed by atoms with Crippen molar-refractivity contribution in [3.8, 4) is 0 Å². The number of phosphoric acid groups is 1. The molecule has 0 spiro atoms. The molecule has 4 N–H and O–H groups in total. The van der Waals surface area contributed by atoms with Gasteiger partial charge in [0.1, 0.15) is 12.6 Å². The number of unbranched alkanes of at least 4 members (excludes halogenated alkanes) is 23. The van der Waals surface area contributed by atoms with E-state index < -0.39 is 51.1 Å². The third kappa shape index (κ3) is 33.4. The first-order valence-corrected chi connectivity index (χ1v) is 21.1. The Hall–Kier alpha value is -1.52. The van der Waals surface area contributed by atoms with Gasteiger partial charge in [0.2, 0.25) is 0 Å². The van der Waals surface area contributed by atoms with Gasteiger partial charge in [-0.1, -0.05) is 162 Å². The van der Waals surface area contributed by atoms with Crippen molar-refractivity contribution in [2.24, 2.45) is 5.73 Å².